The zero-order valence-electron chi connectivity index (χ0n) is 14.3. The van der Waals surface area contributed by atoms with Gasteiger partial charge in [-0.15, -0.1) is 0 Å². The molecule has 0 atom stereocenters. The van der Waals surface area contributed by atoms with E-state index in [9.17, 15) is 19.2 Å². The Kier molecular flexibility index (Phi) is 5.61. The standard InChI is InChI=1S/C20H12N2O6/c23-16-12-11-15(21-27-19(25)13-7-3-1-4-8-13)18(24)17(16)22-28-20(26)14-9-5-2-6-10-14/h1-12H. The van der Waals surface area contributed by atoms with E-state index >= 15 is 0 Å². The minimum atomic E-state index is -0.936. The molecule has 0 radical (unpaired) electrons. The normalized spacial score (nSPS) is 11.9. The summed E-state index contributed by atoms with van der Waals surface area (Å²) in [6, 6.07) is 18.0. The predicted octanol–water partition coefficient (Wildman–Crippen LogP) is 0.628. The highest BCUT2D eigenvalue weighted by molar-refractivity contribution is 5.89. The van der Waals surface area contributed by atoms with Crippen molar-refractivity contribution in [2.24, 2.45) is 10.3 Å². The Bertz CT molecular complexity index is 1230. The number of hydrogen-bond donors (Lipinski definition) is 0. The van der Waals surface area contributed by atoms with E-state index in [0.717, 1.165) is 12.1 Å². The monoisotopic (exact) mass is 376 g/mol. The van der Waals surface area contributed by atoms with Crippen molar-refractivity contribution < 1.29 is 19.3 Å². The van der Waals surface area contributed by atoms with Crippen LogP contribution in [0.25, 0.3) is 0 Å². The van der Waals surface area contributed by atoms with Crippen molar-refractivity contribution in [3.63, 3.8) is 0 Å². The largest absolute Gasteiger partial charge is 0.365 e. The lowest BCUT2D eigenvalue weighted by Crippen LogP contribution is -2.47. The summed E-state index contributed by atoms with van der Waals surface area (Å²) in [6.45, 7) is 0. The van der Waals surface area contributed by atoms with Crippen molar-refractivity contribution >= 4 is 11.9 Å². The molecule has 0 spiro atoms. The maximum Gasteiger partial charge on any atom is 0.365 e. The number of carbonyl (C=O) groups excluding carboxylic acids is 2. The summed E-state index contributed by atoms with van der Waals surface area (Å²) in [5.41, 5.74) is -1.27. The van der Waals surface area contributed by atoms with Crippen LogP contribution < -0.4 is 21.6 Å². The van der Waals surface area contributed by atoms with E-state index in [4.69, 9.17) is 4.84 Å². The molecule has 8 heteroatoms. The van der Waals surface area contributed by atoms with Gasteiger partial charge in [-0.25, -0.2) is 9.59 Å². The summed E-state index contributed by atoms with van der Waals surface area (Å²) in [7, 11) is 0. The van der Waals surface area contributed by atoms with Crippen molar-refractivity contribution in [3.05, 3.63) is 115 Å². The van der Waals surface area contributed by atoms with Crippen LogP contribution >= 0.6 is 0 Å². The van der Waals surface area contributed by atoms with Crippen LogP contribution in [0.15, 0.2) is 92.7 Å². The quantitative estimate of drug-likeness (QED) is 0.488. The SMILES string of the molecule is O=C(ON=c1ccc(=O)c(=NOC(=O)c2ccccc2)c1=O)c1ccccc1. The Hall–Kier alpha value is -4.20. The molecule has 0 aliphatic heterocycles. The Morgan fingerprint density at radius 1 is 0.643 bits per heavy atom. The van der Waals surface area contributed by atoms with Gasteiger partial charge in [-0.2, -0.15) is 0 Å². The third-order valence-electron chi connectivity index (χ3n) is 3.54. The summed E-state index contributed by atoms with van der Waals surface area (Å²) in [6.07, 6.45) is 0. The van der Waals surface area contributed by atoms with Gasteiger partial charge >= 0.3 is 11.9 Å². The maximum absolute atomic E-state index is 12.3. The topological polar surface area (TPSA) is 111 Å². The Labute approximate surface area is 157 Å². The molecule has 3 rings (SSSR count). The van der Waals surface area contributed by atoms with Crippen LogP contribution in [-0.2, 0) is 9.68 Å². The Morgan fingerprint density at radius 2 is 1.14 bits per heavy atom. The molecule has 3 aromatic rings. The Balaban J connectivity index is 1.88. The van der Waals surface area contributed by atoms with E-state index in [1.807, 2.05) is 0 Å². The van der Waals surface area contributed by atoms with Crippen molar-refractivity contribution in [2.75, 3.05) is 0 Å². The van der Waals surface area contributed by atoms with Crippen molar-refractivity contribution in [1.82, 2.24) is 0 Å². The van der Waals surface area contributed by atoms with E-state index in [1.54, 1.807) is 36.4 Å². The number of rotatable bonds is 4. The highest BCUT2D eigenvalue weighted by Gasteiger charge is 2.09. The van der Waals surface area contributed by atoms with Crippen LogP contribution in [-0.4, -0.2) is 11.9 Å². The molecule has 8 nitrogen and oxygen atoms in total. The summed E-state index contributed by atoms with van der Waals surface area (Å²) in [5.74, 6) is -1.61. The molecule has 0 aliphatic rings. The summed E-state index contributed by atoms with van der Waals surface area (Å²) in [4.78, 5) is 57.3. The molecule has 0 aromatic heterocycles. The van der Waals surface area contributed by atoms with E-state index in [1.165, 1.54) is 24.3 Å². The molecule has 0 fully saturated rings. The van der Waals surface area contributed by atoms with Crippen LogP contribution in [0.2, 0.25) is 0 Å². The molecule has 0 saturated carbocycles. The van der Waals surface area contributed by atoms with Crippen LogP contribution in [0.3, 0.4) is 0 Å². The minimum Gasteiger partial charge on any atom is -0.312 e. The highest BCUT2D eigenvalue weighted by atomic mass is 16.7. The fraction of sp³-hybridized carbons (Fsp3) is 0. The number of hydrogen-bond acceptors (Lipinski definition) is 8. The molecule has 28 heavy (non-hydrogen) atoms. The van der Waals surface area contributed by atoms with Gasteiger partial charge in [0.15, 0.2) is 10.7 Å². The van der Waals surface area contributed by atoms with Gasteiger partial charge in [-0.05, 0) is 36.4 Å². The highest BCUT2D eigenvalue weighted by Crippen LogP contribution is 2.01. The van der Waals surface area contributed by atoms with E-state index in [2.05, 4.69) is 15.1 Å². The lowest BCUT2D eigenvalue weighted by Gasteiger charge is -1.97. The smallest absolute Gasteiger partial charge is 0.312 e. The first-order valence-electron chi connectivity index (χ1n) is 8.02. The predicted molar refractivity (Wildman–Crippen MR) is 96.2 cm³/mol. The van der Waals surface area contributed by atoms with Gasteiger partial charge in [0.1, 0.15) is 0 Å². The van der Waals surface area contributed by atoms with Gasteiger partial charge in [-0.3, -0.25) is 9.59 Å². The molecule has 0 unspecified atom stereocenters. The third-order valence-corrected chi connectivity index (χ3v) is 3.54. The van der Waals surface area contributed by atoms with Gasteiger partial charge in [0.2, 0.25) is 10.9 Å². The van der Waals surface area contributed by atoms with Gasteiger partial charge in [0.05, 0.1) is 11.1 Å². The van der Waals surface area contributed by atoms with Crippen molar-refractivity contribution in [1.29, 1.82) is 0 Å². The van der Waals surface area contributed by atoms with Gasteiger partial charge < -0.3 is 9.68 Å². The average Bonchev–Trinajstić information content (AvgIpc) is 2.74. The van der Waals surface area contributed by atoms with Gasteiger partial charge in [0.25, 0.3) is 0 Å². The molecular formula is C20H12N2O6. The molecule has 0 aliphatic carbocycles. The molecule has 0 saturated heterocycles. The molecular weight excluding hydrogens is 364 g/mol. The molecule has 0 amide bonds. The molecule has 0 bridgehead atoms. The van der Waals surface area contributed by atoms with E-state index in [0.29, 0.717) is 0 Å². The first-order chi connectivity index (χ1) is 13.6. The number of carbonyl (C=O) groups is 2. The lowest BCUT2D eigenvalue weighted by molar-refractivity contribution is 0.0493. The first-order valence-corrected chi connectivity index (χ1v) is 8.02. The fourth-order valence-electron chi connectivity index (χ4n) is 2.13. The maximum atomic E-state index is 12.3. The average molecular weight is 376 g/mol. The minimum absolute atomic E-state index is 0.198. The van der Waals surface area contributed by atoms with Gasteiger partial charge in [-0.1, -0.05) is 46.7 Å². The second kappa shape index (κ2) is 8.45. The summed E-state index contributed by atoms with van der Waals surface area (Å²) in [5, 5.41) is 5.83. The van der Waals surface area contributed by atoms with E-state index in [-0.39, 0.29) is 16.5 Å². The number of nitrogens with zero attached hydrogens (tertiary/aromatic N) is 2. The molecule has 138 valence electrons. The zero-order valence-corrected chi connectivity index (χ0v) is 14.3. The number of benzene rings is 3. The molecule has 0 heterocycles. The third kappa shape index (κ3) is 4.31. The van der Waals surface area contributed by atoms with Crippen LogP contribution in [0, 0.1) is 0 Å². The zero-order chi connectivity index (χ0) is 19.9. The fourth-order valence-corrected chi connectivity index (χ4v) is 2.13. The van der Waals surface area contributed by atoms with Crippen molar-refractivity contribution in [2.45, 2.75) is 0 Å². The van der Waals surface area contributed by atoms with Crippen LogP contribution in [0.4, 0.5) is 0 Å². The molecule has 3 aromatic carbocycles. The van der Waals surface area contributed by atoms with E-state index < -0.39 is 28.2 Å². The second-order valence-corrected chi connectivity index (χ2v) is 5.43. The lowest BCUT2D eigenvalue weighted by atomic mass is 10.2. The first kappa shape index (κ1) is 18.6. The second-order valence-electron chi connectivity index (χ2n) is 5.43. The summed E-state index contributed by atoms with van der Waals surface area (Å²) < 4.78 is 0. The van der Waals surface area contributed by atoms with Crippen LogP contribution in [0.1, 0.15) is 20.7 Å². The Morgan fingerprint density at radius 3 is 1.68 bits per heavy atom. The van der Waals surface area contributed by atoms with Crippen molar-refractivity contribution in [3.8, 4) is 0 Å². The summed E-state index contributed by atoms with van der Waals surface area (Å²) >= 11 is 0. The van der Waals surface area contributed by atoms with Crippen LogP contribution in [0.5, 0.6) is 0 Å². The van der Waals surface area contributed by atoms with Gasteiger partial charge in [0, 0.05) is 0 Å². The molecule has 0 N–H and O–H groups in total.